The Morgan fingerprint density at radius 2 is 1.53 bits per heavy atom. The van der Waals surface area contributed by atoms with Crippen LogP contribution in [0.15, 0.2) is 56.7 Å². The van der Waals surface area contributed by atoms with Crippen LogP contribution in [0, 0.1) is 18.3 Å². The number of hydrogen-bond acceptors (Lipinski definition) is 8. The lowest BCUT2D eigenvalue weighted by Gasteiger charge is -2.20. The van der Waals surface area contributed by atoms with Gasteiger partial charge in [-0.1, -0.05) is 32.0 Å². The summed E-state index contributed by atoms with van der Waals surface area (Å²) < 4.78 is 74.8. The fraction of sp³-hybridized carbons (Fsp3) is 0.160. The molecular weight excluding hydrogens is 538 g/mol. The third-order valence-electron chi connectivity index (χ3n) is 6.01. The first kappa shape index (κ1) is 27.1. The molecule has 0 unspecified atom stereocenters. The maximum Gasteiger partial charge on any atom is 0.336 e. The third-order valence-corrected chi connectivity index (χ3v) is 7.95. The predicted octanol–water partition coefficient (Wildman–Crippen LogP) is 4.02. The Morgan fingerprint density at radius 3 is 2.08 bits per heavy atom. The van der Waals surface area contributed by atoms with Gasteiger partial charge in [0.1, 0.15) is 4.90 Å². The largest absolute Gasteiger partial charge is 0.478 e. The van der Waals surface area contributed by atoms with Crippen LogP contribution in [0.2, 0.25) is 0 Å². The van der Waals surface area contributed by atoms with Crippen LogP contribution in [-0.4, -0.2) is 42.8 Å². The van der Waals surface area contributed by atoms with E-state index in [1.54, 1.807) is 13.8 Å². The van der Waals surface area contributed by atoms with Crippen molar-refractivity contribution in [2.24, 2.45) is 5.92 Å². The SMILES string of the molecule is Cc1ccc2c(-c3cc(C(=O)C(C)C)ccc3C(=O)O)c3ccc(=N)c(S(=O)(=O)O)c-3oc2c1S(=O)(=O)O. The van der Waals surface area contributed by atoms with Gasteiger partial charge in [0.25, 0.3) is 20.2 Å². The van der Waals surface area contributed by atoms with Crippen LogP contribution < -0.4 is 5.36 Å². The zero-order chi connectivity index (χ0) is 28.3. The number of carbonyl (C=O) groups excluding carboxylic acids is 1. The lowest BCUT2D eigenvalue weighted by atomic mass is 9.88. The molecule has 2 aromatic carbocycles. The summed E-state index contributed by atoms with van der Waals surface area (Å²) in [5.41, 5.74) is -0.921. The van der Waals surface area contributed by atoms with Crippen molar-refractivity contribution >= 4 is 43.0 Å². The molecule has 1 aliphatic carbocycles. The quantitative estimate of drug-likeness (QED) is 0.152. The maximum absolute atomic E-state index is 12.8. The van der Waals surface area contributed by atoms with E-state index < -0.39 is 58.6 Å². The average molecular weight is 560 g/mol. The Bertz CT molecular complexity index is 1920. The number of hydrogen-bond donors (Lipinski definition) is 4. The van der Waals surface area contributed by atoms with Crippen LogP contribution in [0.4, 0.5) is 0 Å². The molecule has 0 amide bonds. The third kappa shape index (κ3) is 4.49. The first-order valence-electron chi connectivity index (χ1n) is 11.0. The Morgan fingerprint density at radius 1 is 0.895 bits per heavy atom. The highest BCUT2D eigenvalue weighted by Gasteiger charge is 2.31. The van der Waals surface area contributed by atoms with Crippen molar-refractivity contribution in [3.05, 3.63) is 64.5 Å². The van der Waals surface area contributed by atoms with Gasteiger partial charge in [0, 0.05) is 28.0 Å². The molecule has 0 spiro atoms. The predicted molar refractivity (Wildman–Crippen MR) is 135 cm³/mol. The van der Waals surface area contributed by atoms with Gasteiger partial charge in [-0.05, 0) is 42.3 Å². The molecule has 13 heteroatoms. The van der Waals surface area contributed by atoms with Gasteiger partial charge < -0.3 is 9.52 Å². The summed E-state index contributed by atoms with van der Waals surface area (Å²) in [5, 5.41) is 17.3. The molecule has 2 aliphatic rings. The number of carboxylic acid groups (broad SMARTS) is 1. The zero-order valence-electron chi connectivity index (χ0n) is 20.1. The Labute approximate surface area is 216 Å². The van der Waals surface area contributed by atoms with Crippen molar-refractivity contribution in [2.75, 3.05) is 0 Å². The Kier molecular flexibility index (Phi) is 6.52. The molecule has 2 aromatic rings. The molecule has 0 radical (unpaired) electrons. The van der Waals surface area contributed by atoms with E-state index in [0.29, 0.717) is 0 Å². The highest BCUT2D eigenvalue weighted by molar-refractivity contribution is 7.86. The summed E-state index contributed by atoms with van der Waals surface area (Å²) in [6.45, 7) is 4.64. The van der Waals surface area contributed by atoms with E-state index >= 15 is 0 Å². The highest BCUT2D eigenvalue weighted by Crippen LogP contribution is 2.45. The summed E-state index contributed by atoms with van der Waals surface area (Å²) in [5.74, 6) is -2.82. The fourth-order valence-electron chi connectivity index (χ4n) is 4.36. The average Bonchev–Trinajstić information content (AvgIpc) is 2.79. The van der Waals surface area contributed by atoms with Crippen molar-refractivity contribution in [3.8, 4) is 22.5 Å². The Hall–Kier alpha value is -3.91. The van der Waals surface area contributed by atoms with Gasteiger partial charge in [0.05, 0.1) is 10.9 Å². The number of carboxylic acids is 1. The lowest BCUT2D eigenvalue weighted by molar-refractivity contribution is 0.0697. The van der Waals surface area contributed by atoms with Crippen molar-refractivity contribution in [2.45, 2.75) is 30.6 Å². The zero-order valence-corrected chi connectivity index (χ0v) is 21.8. The van der Waals surface area contributed by atoms with Gasteiger partial charge in [-0.2, -0.15) is 16.8 Å². The standard InChI is InChI=1S/C25H21NO10S2/c1-11(2)20(27)13-5-7-14(25(28)29)17(10-13)19-15-6-4-12(3)23(37(30,31)32)21(15)36-22-16(19)8-9-18(26)24(22)38(33,34)35/h4-11,26H,1-3H3,(H,28,29)(H,30,31,32)(H,33,34,35). The minimum Gasteiger partial charge on any atom is -0.478 e. The van der Waals surface area contributed by atoms with Crippen LogP contribution in [0.5, 0.6) is 0 Å². The molecule has 0 fully saturated rings. The number of fused-ring (bicyclic) bond motifs is 2. The summed E-state index contributed by atoms with van der Waals surface area (Å²) in [4.78, 5) is 23.3. The normalized spacial score (nSPS) is 12.4. The van der Waals surface area contributed by atoms with Crippen LogP contribution in [-0.2, 0) is 20.2 Å². The van der Waals surface area contributed by atoms with Gasteiger partial charge in [-0.15, -0.1) is 0 Å². The minimum absolute atomic E-state index is 0.0201. The maximum atomic E-state index is 12.8. The molecule has 0 saturated carbocycles. The second-order valence-corrected chi connectivity index (χ2v) is 11.6. The molecule has 0 saturated heterocycles. The van der Waals surface area contributed by atoms with Crippen molar-refractivity contribution in [1.29, 1.82) is 5.41 Å². The lowest BCUT2D eigenvalue weighted by Crippen LogP contribution is -2.16. The molecule has 4 rings (SSSR count). The van der Waals surface area contributed by atoms with Gasteiger partial charge >= 0.3 is 5.97 Å². The number of nitrogens with one attached hydrogen (secondary N) is 1. The molecule has 1 heterocycles. The number of rotatable bonds is 6. The van der Waals surface area contributed by atoms with Crippen molar-refractivity contribution in [1.82, 2.24) is 0 Å². The Balaban J connectivity index is 2.37. The number of carbonyl (C=O) groups is 2. The van der Waals surface area contributed by atoms with Gasteiger partial charge in [0.2, 0.25) is 0 Å². The van der Waals surface area contributed by atoms with E-state index in [9.17, 15) is 40.6 Å². The number of aryl methyl sites for hydroxylation is 1. The summed E-state index contributed by atoms with van der Waals surface area (Å²) in [6, 6.07) is 8.82. The molecule has 11 nitrogen and oxygen atoms in total. The first-order valence-corrected chi connectivity index (χ1v) is 13.9. The fourth-order valence-corrected chi connectivity index (χ4v) is 5.95. The minimum atomic E-state index is -5.11. The number of benzene rings is 3. The second-order valence-electron chi connectivity index (χ2n) is 8.92. The molecule has 0 aromatic heterocycles. The summed E-state index contributed by atoms with van der Waals surface area (Å²) in [7, 11) is -10.1. The van der Waals surface area contributed by atoms with Gasteiger partial charge in [-0.25, -0.2) is 4.79 Å². The molecule has 0 bridgehead atoms. The van der Waals surface area contributed by atoms with E-state index in [-0.39, 0.29) is 44.6 Å². The molecule has 38 heavy (non-hydrogen) atoms. The summed E-state index contributed by atoms with van der Waals surface area (Å²) in [6.07, 6.45) is 0. The van der Waals surface area contributed by atoms with Crippen LogP contribution in [0.3, 0.4) is 0 Å². The topological polar surface area (TPSA) is 200 Å². The monoisotopic (exact) mass is 559 g/mol. The molecular formula is C25H21NO10S2. The number of ketones is 1. The highest BCUT2D eigenvalue weighted by atomic mass is 32.2. The van der Waals surface area contributed by atoms with E-state index in [4.69, 9.17) is 9.83 Å². The smallest absolute Gasteiger partial charge is 0.336 e. The van der Waals surface area contributed by atoms with Crippen LogP contribution >= 0.6 is 0 Å². The van der Waals surface area contributed by atoms with E-state index in [2.05, 4.69) is 0 Å². The van der Waals surface area contributed by atoms with Crippen LogP contribution in [0.25, 0.3) is 33.4 Å². The number of Topliss-reactive ketones (excluding diaryl/α,β-unsaturated/α-hetero) is 1. The van der Waals surface area contributed by atoms with E-state index in [1.807, 2.05) is 0 Å². The van der Waals surface area contributed by atoms with Gasteiger partial charge in [-0.3, -0.25) is 19.3 Å². The van der Waals surface area contributed by atoms with Crippen molar-refractivity contribution < 1.29 is 45.1 Å². The summed E-state index contributed by atoms with van der Waals surface area (Å²) >= 11 is 0. The van der Waals surface area contributed by atoms with Crippen molar-refractivity contribution in [3.63, 3.8) is 0 Å². The molecule has 4 N–H and O–H groups in total. The molecule has 1 aliphatic heterocycles. The van der Waals surface area contributed by atoms with Crippen LogP contribution in [0.1, 0.15) is 40.1 Å². The number of aromatic carboxylic acids is 1. The molecule has 198 valence electrons. The second kappa shape index (κ2) is 9.13. The van der Waals surface area contributed by atoms with Gasteiger partial charge in [0.15, 0.2) is 22.0 Å². The van der Waals surface area contributed by atoms with E-state index in [1.165, 1.54) is 43.3 Å². The van der Waals surface area contributed by atoms with E-state index in [0.717, 1.165) is 6.07 Å². The first-order chi connectivity index (χ1) is 17.5. The molecule has 0 atom stereocenters.